The van der Waals surface area contributed by atoms with Crippen molar-refractivity contribution in [3.8, 4) is 11.5 Å². The van der Waals surface area contributed by atoms with Gasteiger partial charge in [0, 0.05) is 16.6 Å². The molecule has 1 aliphatic rings. The minimum absolute atomic E-state index is 0.119. The number of rotatable bonds is 5. The van der Waals surface area contributed by atoms with Crippen LogP contribution in [0.2, 0.25) is 10.0 Å². The summed E-state index contributed by atoms with van der Waals surface area (Å²) in [5, 5.41) is 10.1. The Balaban J connectivity index is 2.03. The van der Waals surface area contributed by atoms with E-state index >= 15 is 0 Å². The molecule has 152 valence electrons. The van der Waals surface area contributed by atoms with Crippen molar-refractivity contribution in [2.75, 3.05) is 25.9 Å². The lowest BCUT2D eigenvalue weighted by Gasteiger charge is -2.32. The standard InChI is InChI=1S/C19H22Cl2N2O4S/c1-23(2)12-4-5-13-14(10-12)17(27-3)7-6-16(13)22-28(25,26)18-9-11(20)8-15(21)19(18)24/h6-9,12,22,24H,4-5,10H2,1-3H3/t12-/m0/s1. The molecule has 0 aliphatic heterocycles. The van der Waals surface area contributed by atoms with Gasteiger partial charge in [0.25, 0.3) is 10.0 Å². The van der Waals surface area contributed by atoms with Gasteiger partial charge in [-0.3, -0.25) is 4.72 Å². The fraction of sp³-hybridized carbons (Fsp3) is 0.368. The molecule has 2 N–H and O–H groups in total. The molecule has 0 aromatic heterocycles. The Kier molecular flexibility index (Phi) is 6.00. The zero-order chi connectivity index (χ0) is 20.6. The van der Waals surface area contributed by atoms with Gasteiger partial charge in [-0.2, -0.15) is 0 Å². The quantitative estimate of drug-likeness (QED) is 0.730. The number of phenols is 1. The number of nitrogens with one attached hydrogen (secondary N) is 1. The maximum absolute atomic E-state index is 12.9. The molecule has 0 saturated carbocycles. The predicted octanol–water partition coefficient (Wildman–Crippen LogP) is 3.93. The normalized spacial score (nSPS) is 16.7. The Labute approximate surface area is 175 Å². The molecule has 9 heteroatoms. The molecule has 0 amide bonds. The van der Waals surface area contributed by atoms with Crippen LogP contribution in [0.25, 0.3) is 0 Å². The van der Waals surface area contributed by atoms with Gasteiger partial charge in [0.1, 0.15) is 10.6 Å². The van der Waals surface area contributed by atoms with E-state index in [9.17, 15) is 13.5 Å². The van der Waals surface area contributed by atoms with Crippen molar-refractivity contribution < 1.29 is 18.3 Å². The van der Waals surface area contributed by atoms with Gasteiger partial charge in [-0.15, -0.1) is 0 Å². The monoisotopic (exact) mass is 444 g/mol. The van der Waals surface area contributed by atoms with Gasteiger partial charge in [-0.1, -0.05) is 23.2 Å². The summed E-state index contributed by atoms with van der Waals surface area (Å²) >= 11 is 11.8. The van der Waals surface area contributed by atoms with E-state index in [4.69, 9.17) is 27.9 Å². The van der Waals surface area contributed by atoms with Crippen molar-refractivity contribution in [2.45, 2.75) is 30.2 Å². The summed E-state index contributed by atoms with van der Waals surface area (Å²) in [6, 6.07) is 6.23. The van der Waals surface area contributed by atoms with E-state index < -0.39 is 15.8 Å². The van der Waals surface area contributed by atoms with Crippen molar-refractivity contribution in [1.29, 1.82) is 0 Å². The maximum atomic E-state index is 12.9. The van der Waals surface area contributed by atoms with Crippen LogP contribution in [0.15, 0.2) is 29.2 Å². The van der Waals surface area contributed by atoms with Gasteiger partial charge < -0.3 is 14.7 Å². The van der Waals surface area contributed by atoms with Crippen LogP contribution in [0.1, 0.15) is 17.5 Å². The lowest BCUT2D eigenvalue weighted by molar-refractivity contribution is 0.265. The largest absolute Gasteiger partial charge is 0.505 e. The van der Waals surface area contributed by atoms with Gasteiger partial charge in [0.2, 0.25) is 0 Å². The highest BCUT2D eigenvalue weighted by Crippen LogP contribution is 2.39. The summed E-state index contributed by atoms with van der Waals surface area (Å²) in [5.41, 5.74) is 2.35. The molecule has 3 rings (SSSR count). The van der Waals surface area contributed by atoms with E-state index in [0.717, 1.165) is 29.7 Å². The number of hydrogen-bond donors (Lipinski definition) is 2. The molecule has 28 heavy (non-hydrogen) atoms. The Bertz CT molecular complexity index is 1010. The van der Waals surface area contributed by atoms with Crippen LogP contribution < -0.4 is 9.46 Å². The topological polar surface area (TPSA) is 78.9 Å². The summed E-state index contributed by atoms with van der Waals surface area (Å²) in [5.74, 6) is 0.201. The molecular weight excluding hydrogens is 423 g/mol. The number of hydrogen-bond acceptors (Lipinski definition) is 5. The van der Waals surface area contributed by atoms with Crippen LogP contribution in [-0.4, -0.2) is 45.7 Å². The fourth-order valence-corrected chi connectivity index (χ4v) is 5.36. The average Bonchev–Trinajstić information content (AvgIpc) is 2.64. The van der Waals surface area contributed by atoms with Crippen LogP contribution in [0.3, 0.4) is 0 Å². The van der Waals surface area contributed by atoms with E-state index in [1.165, 1.54) is 12.1 Å². The van der Waals surface area contributed by atoms with Crippen LogP contribution in [-0.2, 0) is 22.9 Å². The van der Waals surface area contributed by atoms with Gasteiger partial charge in [-0.05, 0) is 63.2 Å². The lowest BCUT2D eigenvalue weighted by Crippen LogP contribution is -2.34. The molecule has 2 aromatic rings. The maximum Gasteiger partial charge on any atom is 0.265 e. The van der Waals surface area contributed by atoms with Gasteiger partial charge in [0.05, 0.1) is 17.8 Å². The number of benzene rings is 2. The minimum Gasteiger partial charge on any atom is -0.505 e. The fourth-order valence-electron chi connectivity index (χ4n) is 3.50. The highest BCUT2D eigenvalue weighted by molar-refractivity contribution is 7.92. The number of phenolic OH excluding ortho intramolecular Hbond substituents is 1. The average molecular weight is 445 g/mol. The molecule has 1 aliphatic carbocycles. The number of halogens is 2. The highest BCUT2D eigenvalue weighted by atomic mass is 35.5. The minimum atomic E-state index is -4.09. The molecular formula is C19H22Cl2N2O4S. The highest BCUT2D eigenvalue weighted by Gasteiger charge is 2.28. The first kappa shape index (κ1) is 21.0. The second kappa shape index (κ2) is 7.99. The van der Waals surface area contributed by atoms with E-state index in [1.54, 1.807) is 19.2 Å². The van der Waals surface area contributed by atoms with Gasteiger partial charge >= 0.3 is 0 Å². The first-order valence-corrected chi connectivity index (χ1v) is 10.9. The Morgan fingerprint density at radius 3 is 2.57 bits per heavy atom. The van der Waals surface area contributed by atoms with E-state index in [1.807, 2.05) is 14.1 Å². The smallest absolute Gasteiger partial charge is 0.265 e. The van der Waals surface area contributed by atoms with Crippen LogP contribution in [0.4, 0.5) is 5.69 Å². The Hall–Kier alpha value is -1.67. The molecule has 0 spiro atoms. The molecule has 1 atom stereocenters. The molecule has 2 aromatic carbocycles. The first-order valence-electron chi connectivity index (χ1n) is 8.70. The molecule has 6 nitrogen and oxygen atoms in total. The van der Waals surface area contributed by atoms with Gasteiger partial charge in [0.15, 0.2) is 5.75 Å². The number of ether oxygens (including phenoxy) is 1. The summed E-state index contributed by atoms with van der Waals surface area (Å²) in [6.07, 6.45) is 2.36. The molecule has 0 unspecified atom stereocenters. The molecule has 0 saturated heterocycles. The van der Waals surface area contributed by atoms with Gasteiger partial charge in [-0.25, -0.2) is 8.42 Å². The Morgan fingerprint density at radius 2 is 1.93 bits per heavy atom. The summed E-state index contributed by atoms with van der Waals surface area (Å²) in [4.78, 5) is 1.79. The number of nitrogens with zero attached hydrogens (tertiary/aromatic N) is 1. The van der Waals surface area contributed by atoms with E-state index in [2.05, 4.69) is 9.62 Å². The Morgan fingerprint density at radius 1 is 1.21 bits per heavy atom. The van der Waals surface area contributed by atoms with E-state index in [-0.39, 0.29) is 14.9 Å². The number of sulfonamides is 1. The first-order chi connectivity index (χ1) is 13.1. The third-order valence-electron chi connectivity index (χ3n) is 5.03. The van der Waals surface area contributed by atoms with Crippen LogP contribution >= 0.6 is 23.2 Å². The molecule has 0 bridgehead atoms. The third kappa shape index (κ3) is 4.03. The number of fused-ring (bicyclic) bond motifs is 1. The zero-order valence-electron chi connectivity index (χ0n) is 15.8. The van der Waals surface area contributed by atoms with Crippen molar-refractivity contribution in [2.24, 2.45) is 0 Å². The number of methoxy groups -OCH3 is 1. The number of anilines is 1. The third-order valence-corrected chi connectivity index (χ3v) is 6.92. The van der Waals surface area contributed by atoms with Crippen molar-refractivity contribution >= 4 is 38.9 Å². The summed E-state index contributed by atoms with van der Waals surface area (Å²) in [7, 11) is 1.57. The van der Waals surface area contributed by atoms with Crippen LogP contribution in [0.5, 0.6) is 11.5 Å². The molecule has 0 radical (unpaired) electrons. The number of likely N-dealkylation sites (N-methyl/N-ethyl adjacent to an activating group) is 1. The molecule has 0 heterocycles. The van der Waals surface area contributed by atoms with Crippen LogP contribution in [0, 0.1) is 0 Å². The second-order valence-corrected chi connectivity index (χ2v) is 9.47. The van der Waals surface area contributed by atoms with Crippen molar-refractivity contribution in [3.63, 3.8) is 0 Å². The summed E-state index contributed by atoms with van der Waals surface area (Å²) in [6.45, 7) is 0. The predicted molar refractivity (Wildman–Crippen MR) is 111 cm³/mol. The SMILES string of the molecule is COc1ccc(NS(=O)(=O)c2cc(Cl)cc(Cl)c2O)c2c1C[C@@H](N(C)C)CC2. The number of aromatic hydroxyl groups is 1. The summed E-state index contributed by atoms with van der Waals surface area (Å²) < 4.78 is 33.9. The molecule has 0 fully saturated rings. The van der Waals surface area contributed by atoms with Crippen molar-refractivity contribution in [3.05, 3.63) is 45.4 Å². The lowest BCUT2D eigenvalue weighted by atomic mass is 9.86. The second-order valence-electron chi connectivity index (χ2n) is 6.97. The van der Waals surface area contributed by atoms with E-state index in [0.29, 0.717) is 18.2 Å². The zero-order valence-corrected chi connectivity index (χ0v) is 18.1. The van der Waals surface area contributed by atoms with Crippen molar-refractivity contribution in [1.82, 2.24) is 4.90 Å².